The van der Waals surface area contributed by atoms with Crippen molar-refractivity contribution in [2.75, 3.05) is 36.0 Å². The summed E-state index contributed by atoms with van der Waals surface area (Å²) < 4.78 is 0. The van der Waals surface area contributed by atoms with E-state index in [1.54, 1.807) is 0 Å². The van der Waals surface area contributed by atoms with Crippen molar-refractivity contribution in [3.63, 3.8) is 0 Å². The maximum Gasteiger partial charge on any atom is 0.129 e. The van der Waals surface area contributed by atoms with Gasteiger partial charge in [-0.15, -0.1) is 0 Å². The lowest BCUT2D eigenvalue weighted by Gasteiger charge is -2.50. The Morgan fingerprint density at radius 3 is 1.52 bits per heavy atom. The van der Waals surface area contributed by atoms with Crippen LogP contribution in [0.25, 0.3) is 5.57 Å². The molecule has 0 fully saturated rings. The molecule has 6 heteroatoms. The Morgan fingerprint density at radius 2 is 1.05 bits per heavy atom. The van der Waals surface area contributed by atoms with Crippen LogP contribution in [-0.4, -0.2) is 52.7 Å². The molecule has 4 aliphatic heterocycles. The number of phenolic OH excluding ortho intramolecular Hbond substituents is 2. The predicted octanol–water partition coefficient (Wildman–Crippen LogP) is 6.86. The number of nitrogens with zero attached hydrogens (tertiary/aromatic N) is 2. The zero-order chi connectivity index (χ0) is 30.3. The van der Waals surface area contributed by atoms with Crippen LogP contribution in [0.2, 0.25) is 0 Å². The zero-order valence-corrected chi connectivity index (χ0v) is 26.6. The third-order valence-corrected chi connectivity index (χ3v) is 11.9. The molecule has 0 amide bonds. The summed E-state index contributed by atoms with van der Waals surface area (Å²) >= 11 is 0. The monoisotopic (exact) mass is 572 g/mol. The van der Waals surface area contributed by atoms with E-state index in [0.29, 0.717) is 16.7 Å². The summed E-state index contributed by atoms with van der Waals surface area (Å²) in [6.07, 6.45) is 2.85. The van der Waals surface area contributed by atoms with Gasteiger partial charge in [0.15, 0.2) is 0 Å². The van der Waals surface area contributed by atoms with Gasteiger partial charge in [-0.25, -0.2) is 0 Å². The van der Waals surface area contributed by atoms with E-state index in [4.69, 9.17) is 0 Å². The Balaban J connectivity index is 1.42. The first-order valence-corrected chi connectivity index (χ1v) is 15.9. The van der Waals surface area contributed by atoms with Gasteiger partial charge in [0.2, 0.25) is 0 Å². The number of phenols is 2. The average Bonchev–Trinajstić information content (AvgIpc) is 2.88. The minimum atomic E-state index is -1.04. The predicted molar refractivity (Wildman–Crippen MR) is 170 cm³/mol. The van der Waals surface area contributed by atoms with Crippen molar-refractivity contribution in [3.8, 4) is 11.5 Å². The van der Waals surface area contributed by atoms with Crippen molar-refractivity contribution < 1.29 is 20.4 Å². The summed E-state index contributed by atoms with van der Waals surface area (Å²) in [5.74, 6) is -0.332. The Morgan fingerprint density at radius 1 is 0.619 bits per heavy atom. The van der Waals surface area contributed by atoms with Crippen LogP contribution in [0, 0.1) is 0 Å². The molecular formula is C36H48N2O4. The molecule has 0 radical (unpaired) electrons. The molecule has 6 nitrogen and oxygen atoms in total. The quantitative estimate of drug-likeness (QED) is 0.314. The van der Waals surface area contributed by atoms with Crippen LogP contribution in [0.15, 0.2) is 17.9 Å². The fourth-order valence-electron chi connectivity index (χ4n) is 8.76. The number of hydrogen-bond donors (Lipinski definition) is 4. The van der Waals surface area contributed by atoms with E-state index in [2.05, 4.69) is 65.2 Å². The standard InChI is InChI=1S/C36H48N2O4/c1-33(2)9-13-37-15-11-35(5,6)25-27(37)21(33)17-19(29(25)39)23-31(41)24(32(23)42)20-18-22-28-26(30(20)40)36(7,8)12-16-38(28)14-10-34(22,3)4/h17-18,23,31,39-42H,9-16H2,1-8H3. The van der Waals surface area contributed by atoms with Crippen LogP contribution in [-0.2, 0) is 21.7 Å². The van der Waals surface area contributed by atoms with Gasteiger partial charge in [-0.05, 0) is 70.6 Å². The Hall–Kier alpha value is -2.86. The molecule has 0 bridgehead atoms. The smallest absolute Gasteiger partial charge is 0.129 e. The van der Waals surface area contributed by atoms with Crippen LogP contribution in [0.4, 0.5) is 11.4 Å². The summed E-state index contributed by atoms with van der Waals surface area (Å²) in [5.41, 5.74) is 7.35. The number of benzene rings is 2. The van der Waals surface area contributed by atoms with Crippen molar-refractivity contribution in [2.24, 2.45) is 0 Å². The van der Waals surface area contributed by atoms with Crippen molar-refractivity contribution in [2.45, 2.75) is 115 Å². The summed E-state index contributed by atoms with van der Waals surface area (Å²) in [4.78, 5) is 4.81. The van der Waals surface area contributed by atoms with Gasteiger partial charge in [-0.1, -0.05) is 55.4 Å². The third-order valence-electron chi connectivity index (χ3n) is 11.9. The highest BCUT2D eigenvalue weighted by Crippen LogP contribution is 2.60. The number of hydrogen-bond acceptors (Lipinski definition) is 6. The van der Waals surface area contributed by atoms with E-state index in [1.165, 1.54) is 11.1 Å². The lowest BCUT2D eigenvalue weighted by atomic mass is 9.64. The highest BCUT2D eigenvalue weighted by atomic mass is 16.3. The van der Waals surface area contributed by atoms with Gasteiger partial charge in [-0.3, -0.25) is 0 Å². The number of aliphatic hydroxyl groups excluding tert-OH is 2. The lowest BCUT2D eigenvalue weighted by Crippen LogP contribution is -2.45. The Bertz CT molecular complexity index is 1560. The van der Waals surface area contributed by atoms with Gasteiger partial charge in [0.1, 0.15) is 17.3 Å². The molecule has 7 rings (SSSR count). The van der Waals surface area contributed by atoms with E-state index in [-0.39, 0.29) is 38.9 Å². The van der Waals surface area contributed by atoms with E-state index in [9.17, 15) is 20.4 Å². The van der Waals surface area contributed by atoms with Gasteiger partial charge in [0, 0.05) is 65.4 Å². The topological polar surface area (TPSA) is 87.4 Å². The van der Waals surface area contributed by atoms with Gasteiger partial charge in [-0.2, -0.15) is 0 Å². The molecule has 4 heterocycles. The van der Waals surface area contributed by atoms with Crippen LogP contribution in [0.3, 0.4) is 0 Å². The molecule has 0 saturated carbocycles. The second kappa shape index (κ2) is 8.40. The lowest BCUT2D eigenvalue weighted by molar-refractivity contribution is 0.150. The van der Waals surface area contributed by atoms with Crippen LogP contribution in [0.5, 0.6) is 11.5 Å². The molecule has 1 aliphatic carbocycles. The number of aromatic hydroxyl groups is 2. The molecule has 2 unspecified atom stereocenters. The molecule has 2 aromatic carbocycles. The fourth-order valence-corrected chi connectivity index (χ4v) is 8.76. The third kappa shape index (κ3) is 3.54. The van der Waals surface area contributed by atoms with Crippen molar-refractivity contribution in [3.05, 3.63) is 51.3 Å². The fraction of sp³-hybridized carbons (Fsp3) is 0.611. The first kappa shape index (κ1) is 27.9. The van der Waals surface area contributed by atoms with Gasteiger partial charge < -0.3 is 30.2 Å². The van der Waals surface area contributed by atoms with Gasteiger partial charge in [0.05, 0.1) is 12.0 Å². The first-order valence-electron chi connectivity index (χ1n) is 15.9. The van der Waals surface area contributed by atoms with Crippen molar-refractivity contribution in [1.29, 1.82) is 0 Å². The number of rotatable bonds is 2. The molecule has 226 valence electrons. The summed E-state index contributed by atoms with van der Waals surface area (Å²) in [6.45, 7) is 21.6. The number of aliphatic hydroxyl groups is 2. The normalized spacial score (nSPS) is 27.7. The molecular weight excluding hydrogens is 524 g/mol. The van der Waals surface area contributed by atoms with Gasteiger partial charge in [0.25, 0.3) is 0 Å². The average molecular weight is 573 g/mol. The molecule has 0 aromatic heterocycles. The SMILES string of the molecule is CC1(C)CCN2CCC(C)(C)c3c(O)c(C4=C(O)C(c5cc6c7c(c5O)C(C)(C)CCN7CCC6(C)C)C4O)cc1c32. The van der Waals surface area contributed by atoms with Crippen LogP contribution in [0.1, 0.15) is 120 Å². The molecule has 42 heavy (non-hydrogen) atoms. The molecule has 5 aliphatic rings. The highest BCUT2D eigenvalue weighted by Gasteiger charge is 2.50. The molecule has 2 atom stereocenters. The first-order chi connectivity index (χ1) is 19.5. The largest absolute Gasteiger partial charge is 0.511 e. The Labute approximate surface area is 250 Å². The maximum absolute atomic E-state index is 11.9. The highest BCUT2D eigenvalue weighted by molar-refractivity contribution is 5.88. The van der Waals surface area contributed by atoms with Gasteiger partial charge >= 0.3 is 0 Å². The molecule has 0 saturated heterocycles. The summed E-state index contributed by atoms with van der Waals surface area (Å²) in [7, 11) is 0. The van der Waals surface area contributed by atoms with E-state index >= 15 is 0 Å². The summed E-state index contributed by atoms with van der Waals surface area (Å²) in [5, 5.41) is 47.3. The molecule has 2 aromatic rings. The zero-order valence-electron chi connectivity index (χ0n) is 26.6. The van der Waals surface area contributed by atoms with E-state index in [1.807, 2.05) is 12.1 Å². The number of anilines is 2. The second-order valence-electron chi connectivity index (χ2n) is 16.4. The van der Waals surface area contributed by atoms with E-state index < -0.39 is 12.0 Å². The second-order valence-corrected chi connectivity index (χ2v) is 16.4. The molecule has 0 spiro atoms. The van der Waals surface area contributed by atoms with Crippen LogP contribution < -0.4 is 9.80 Å². The van der Waals surface area contributed by atoms with Crippen molar-refractivity contribution in [1.82, 2.24) is 0 Å². The maximum atomic E-state index is 11.9. The summed E-state index contributed by atoms with van der Waals surface area (Å²) in [6, 6.07) is 4.07. The van der Waals surface area contributed by atoms with Crippen LogP contribution >= 0.6 is 0 Å². The minimum Gasteiger partial charge on any atom is -0.511 e. The minimum absolute atomic E-state index is 0.0468. The van der Waals surface area contributed by atoms with E-state index in [0.717, 1.165) is 74.4 Å². The molecule has 4 N–H and O–H groups in total. The van der Waals surface area contributed by atoms with Crippen molar-refractivity contribution >= 4 is 16.9 Å². The Kier molecular flexibility index (Phi) is 5.59.